The van der Waals surface area contributed by atoms with E-state index in [4.69, 9.17) is 14.2 Å². The predicted molar refractivity (Wildman–Crippen MR) is 176 cm³/mol. The van der Waals surface area contributed by atoms with Crippen LogP contribution in [0.5, 0.6) is 17.2 Å². The first kappa shape index (κ1) is 33.5. The van der Waals surface area contributed by atoms with Crippen LogP contribution in [-0.2, 0) is 24.8 Å². The summed E-state index contributed by atoms with van der Waals surface area (Å²) < 4.78 is 73.5. The zero-order chi connectivity index (χ0) is 32.6. The van der Waals surface area contributed by atoms with Crippen molar-refractivity contribution < 1.29 is 35.8 Å². The highest BCUT2D eigenvalue weighted by Crippen LogP contribution is 2.34. The fourth-order valence-electron chi connectivity index (χ4n) is 4.26. The van der Waals surface area contributed by atoms with Crippen molar-refractivity contribution in [2.75, 3.05) is 48.0 Å². The summed E-state index contributed by atoms with van der Waals surface area (Å²) in [5.74, 6) is 0.379. The molecular weight excluding hydrogens is 639 g/mol. The van der Waals surface area contributed by atoms with Crippen LogP contribution in [0.4, 0.5) is 17.1 Å². The number of nitrogens with one attached hydrogen (secondary N) is 2. The molecular formula is C31H33N3O8S3. The minimum Gasteiger partial charge on any atom is -0.497 e. The van der Waals surface area contributed by atoms with Gasteiger partial charge in [-0.3, -0.25) is 13.8 Å². The molecule has 4 aromatic carbocycles. The second kappa shape index (κ2) is 14.6. The summed E-state index contributed by atoms with van der Waals surface area (Å²) in [5, 5.41) is 2.66. The van der Waals surface area contributed by atoms with Crippen LogP contribution in [0.1, 0.15) is 6.92 Å². The van der Waals surface area contributed by atoms with Gasteiger partial charge in [-0.2, -0.15) is 0 Å². The zero-order valence-electron chi connectivity index (χ0n) is 25.0. The monoisotopic (exact) mass is 671 g/mol. The number of anilines is 3. The number of thioether (sulfide) groups is 1. The maximum atomic E-state index is 13.9. The molecule has 45 heavy (non-hydrogen) atoms. The van der Waals surface area contributed by atoms with Crippen LogP contribution in [0.2, 0.25) is 0 Å². The quantitative estimate of drug-likeness (QED) is 0.167. The van der Waals surface area contributed by atoms with Gasteiger partial charge in [0.25, 0.3) is 20.0 Å². The lowest BCUT2D eigenvalue weighted by molar-refractivity contribution is -0.114. The van der Waals surface area contributed by atoms with Gasteiger partial charge in [0.15, 0.2) is 0 Å². The molecule has 238 valence electrons. The molecule has 0 unspecified atom stereocenters. The zero-order valence-corrected chi connectivity index (χ0v) is 27.5. The Morgan fingerprint density at radius 1 is 0.822 bits per heavy atom. The van der Waals surface area contributed by atoms with Gasteiger partial charge in [-0.25, -0.2) is 16.8 Å². The minimum absolute atomic E-state index is 0.00845. The van der Waals surface area contributed by atoms with Crippen LogP contribution < -0.4 is 28.6 Å². The third-order valence-corrected chi connectivity index (χ3v) is 10.4. The first-order valence-corrected chi connectivity index (χ1v) is 17.7. The Hall–Kier alpha value is -4.40. The van der Waals surface area contributed by atoms with Gasteiger partial charge in [-0.1, -0.05) is 12.1 Å². The van der Waals surface area contributed by atoms with Crippen molar-refractivity contribution in [3.05, 3.63) is 91.0 Å². The molecule has 0 atom stereocenters. The molecule has 0 saturated carbocycles. The fraction of sp³-hybridized carbons (Fsp3) is 0.194. The summed E-state index contributed by atoms with van der Waals surface area (Å²) in [4.78, 5) is 14.1. The van der Waals surface area contributed by atoms with Gasteiger partial charge in [0.05, 0.1) is 42.0 Å². The van der Waals surface area contributed by atoms with E-state index < -0.39 is 32.5 Å². The number of para-hydroxylation sites is 2. The molecule has 0 aliphatic rings. The second-order valence-corrected chi connectivity index (χ2v) is 13.8. The van der Waals surface area contributed by atoms with Crippen LogP contribution in [0, 0.1) is 0 Å². The summed E-state index contributed by atoms with van der Waals surface area (Å²) in [6.07, 6.45) is 1.88. The van der Waals surface area contributed by atoms with E-state index in [0.717, 1.165) is 9.20 Å². The van der Waals surface area contributed by atoms with Gasteiger partial charge < -0.3 is 19.5 Å². The number of methoxy groups -OCH3 is 2. The predicted octanol–water partition coefficient (Wildman–Crippen LogP) is 5.46. The molecule has 0 aliphatic carbocycles. The average molecular weight is 672 g/mol. The molecule has 2 N–H and O–H groups in total. The van der Waals surface area contributed by atoms with Crippen molar-refractivity contribution in [3.63, 3.8) is 0 Å². The van der Waals surface area contributed by atoms with E-state index in [1.165, 1.54) is 68.4 Å². The number of amides is 1. The van der Waals surface area contributed by atoms with E-state index in [9.17, 15) is 21.6 Å². The molecule has 0 aliphatic heterocycles. The number of carbonyl (C=O) groups is 1. The first-order valence-electron chi connectivity index (χ1n) is 13.6. The Balaban J connectivity index is 1.57. The van der Waals surface area contributed by atoms with Crippen molar-refractivity contribution in [3.8, 4) is 17.2 Å². The lowest BCUT2D eigenvalue weighted by Crippen LogP contribution is -2.38. The summed E-state index contributed by atoms with van der Waals surface area (Å²) in [6.45, 7) is 1.48. The number of sulfonamides is 2. The standard InChI is InChI=1S/C31H33N3O8S3/c1-5-42-30-9-7-6-8-28(30)34(45(38,39)26-17-13-24(43-4)14-18-26)21-31(35)32-22-10-15-25(16-11-22)44(36,37)33-27-20-23(40-2)12-19-29(27)41-3/h6-20,33H,5,21H2,1-4H3,(H,32,35). The molecule has 11 nitrogen and oxygen atoms in total. The lowest BCUT2D eigenvalue weighted by Gasteiger charge is -2.26. The van der Waals surface area contributed by atoms with Crippen LogP contribution in [0.15, 0.2) is 106 Å². The highest BCUT2D eigenvalue weighted by atomic mass is 32.2. The van der Waals surface area contributed by atoms with Crippen molar-refractivity contribution in [2.24, 2.45) is 0 Å². The molecule has 0 bridgehead atoms. The number of hydrogen-bond donors (Lipinski definition) is 2. The molecule has 0 spiro atoms. The van der Waals surface area contributed by atoms with E-state index in [0.29, 0.717) is 17.2 Å². The SMILES string of the molecule is CCOc1ccccc1N(CC(=O)Nc1ccc(S(=O)(=O)Nc2cc(OC)ccc2OC)cc1)S(=O)(=O)c1ccc(SC)cc1. The van der Waals surface area contributed by atoms with Crippen molar-refractivity contribution in [1.82, 2.24) is 0 Å². The van der Waals surface area contributed by atoms with Crippen molar-refractivity contribution >= 4 is 54.8 Å². The summed E-state index contributed by atoms with van der Waals surface area (Å²) >= 11 is 1.47. The van der Waals surface area contributed by atoms with E-state index in [1.54, 1.807) is 55.5 Å². The molecule has 0 fully saturated rings. The molecule has 14 heteroatoms. The Morgan fingerprint density at radius 2 is 1.49 bits per heavy atom. The van der Waals surface area contributed by atoms with E-state index in [1.807, 2.05) is 6.26 Å². The molecule has 0 heterocycles. The van der Waals surface area contributed by atoms with Gasteiger partial charge in [-0.05, 0) is 86.0 Å². The third-order valence-electron chi connectivity index (χ3n) is 6.47. The van der Waals surface area contributed by atoms with Gasteiger partial charge >= 0.3 is 0 Å². The number of benzene rings is 4. The maximum Gasteiger partial charge on any atom is 0.264 e. The maximum absolute atomic E-state index is 13.9. The largest absolute Gasteiger partial charge is 0.497 e. The Bertz CT molecular complexity index is 1850. The van der Waals surface area contributed by atoms with Gasteiger partial charge in [0.1, 0.15) is 23.8 Å². The average Bonchev–Trinajstić information content (AvgIpc) is 3.04. The van der Waals surface area contributed by atoms with Crippen LogP contribution in [0.25, 0.3) is 0 Å². The Morgan fingerprint density at radius 3 is 2.11 bits per heavy atom. The molecule has 1 amide bonds. The molecule has 0 saturated heterocycles. The highest BCUT2D eigenvalue weighted by molar-refractivity contribution is 7.98. The summed E-state index contributed by atoms with van der Waals surface area (Å²) in [6, 6.07) is 23.1. The second-order valence-electron chi connectivity index (χ2n) is 9.33. The number of rotatable bonds is 14. The normalized spacial score (nSPS) is 11.4. The van der Waals surface area contributed by atoms with Gasteiger partial charge in [0.2, 0.25) is 5.91 Å². The van der Waals surface area contributed by atoms with E-state index in [-0.39, 0.29) is 33.5 Å². The molecule has 0 radical (unpaired) electrons. The third kappa shape index (κ3) is 8.01. The molecule has 4 aromatic rings. The van der Waals surface area contributed by atoms with E-state index in [2.05, 4.69) is 10.0 Å². The van der Waals surface area contributed by atoms with Crippen LogP contribution in [0.3, 0.4) is 0 Å². The van der Waals surface area contributed by atoms with Crippen LogP contribution in [-0.4, -0.2) is 56.4 Å². The Kier molecular flexibility index (Phi) is 10.9. The smallest absolute Gasteiger partial charge is 0.264 e. The van der Waals surface area contributed by atoms with Gasteiger partial charge in [-0.15, -0.1) is 11.8 Å². The number of carbonyl (C=O) groups excluding carboxylic acids is 1. The number of nitrogens with zero attached hydrogens (tertiary/aromatic N) is 1. The summed E-state index contributed by atoms with van der Waals surface area (Å²) in [7, 11) is -5.36. The van der Waals surface area contributed by atoms with Gasteiger partial charge in [0, 0.05) is 16.6 Å². The fourth-order valence-corrected chi connectivity index (χ4v) is 7.16. The summed E-state index contributed by atoms with van der Waals surface area (Å²) in [5.41, 5.74) is 0.646. The first-order chi connectivity index (χ1) is 21.5. The van der Waals surface area contributed by atoms with E-state index >= 15 is 0 Å². The number of ether oxygens (including phenoxy) is 3. The van der Waals surface area contributed by atoms with Crippen molar-refractivity contribution in [2.45, 2.75) is 21.6 Å². The highest BCUT2D eigenvalue weighted by Gasteiger charge is 2.29. The number of hydrogen-bond acceptors (Lipinski definition) is 9. The Labute approximate surface area is 267 Å². The van der Waals surface area contributed by atoms with Crippen molar-refractivity contribution in [1.29, 1.82) is 0 Å². The minimum atomic E-state index is -4.20. The van der Waals surface area contributed by atoms with Crippen LogP contribution >= 0.6 is 11.8 Å². The lowest BCUT2D eigenvalue weighted by atomic mass is 10.3. The molecule has 0 aromatic heterocycles. The topological polar surface area (TPSA) is 140 Å². The molecule has 4 rings (SSSR count).